The molecule has 0 amide bonds. The van der Waals surface area contributed by atoms with E-state index in [0.717, 1.165) is 83.5 Å². The highest BCUT2D eigenvalue weighted by Gasteiger charge is 2.19. The van der Waals surface area contributed by atoms with Crippen molar-refractivity contribution in [2.45, 2.75) is 329 Å². The standard InChI is InChI=1S/C62H114O6/c1-4-7-10-13-16-19-22-25-28-30-31-32-35-37-40-43-46-49-52-55-61(64)67-58-59(57-66-60(63)54-51-48-45-42-39-36-33-27-24-21-18-15-12-9-6-3)68-62(65)56-53-50-47-44-41-38-34-29-26-23-20-17-14-11-8-5-2/h18,21,27,29,33-34,59H,4-17,19-20,22-26,28,30-32,35-58H2,1-3H3/b21-18-,33-27-,34-29-/t59-/m1/s1. The van der Waals surface area contributed by atoms with Gasteiger partial charge in [0.15, 0.2) is 6.10 Å². The van der Waals surface area contributed by atoms with Crippen molar-refractivity contribution >= 4 is 17.9 Å². The molecule has 0 unspecified atom stereocenters. The molecule has 6 nitrogen and oxygen atoms in total. The van der Waals surface area contributed by atoms with Gasteiger partial charge in [-0.2, -0.15) is 0 Å². The summed E-state index contributed by atoms with van der Waals surface area (Å²) in [6, 6.07) is 0. The van der Waals surface area contributed by atoms with Gasteiger partial charge < -0.3 is 14.2 Å². The summed E-state index contributed by atoms with van der Waals surface area (Å²) in [7, 11) is 0. The minimum absolute atomic E-state index is 0.0762. The molecular weight excluding hydrogens is 841 g/mol. The number of unbranched alkanes of at least 4 members (excludes halogenated alkanes) is 38. The topological polar surface area (TPSA) is 78.9 Å². The molecule has 68 heavy (non-hydrogen) atoms. The number of carbonyl (C=O) groups is 3. The van der Waals surface area contributed by atoms with Crippen molar-refractivity contribution in [3.63, 3.8) is 0 Å². The van der Waals surface area contributed by atoms with Gasteiger partial charge in [-0.15, -0.1) is 0 Å². The average molecular weight is 956 g/mol. The number of carbonyl (C=O) groups excluding carboxylic acids is 3. The van der Waals surface area contributed by atoms with E-state index in [-0.39, 0.29) is 31.1 Å². The Morgan fingerprint density at radius 2 is 0.529 bits per heavy atom. The molecule has 0 aliphatic heterocycles. The van der Waals surface area contributed by atoms with E-state index in [1.165, 1.54) is 199 Å². The first kappa shape index (κ1) is 65.6. The molecule has 0 aromatic heterocycles. The third-order valence-electron chi connectivity index (χ3n) is 13.4. The first-order valence-electron chi connectivity index (χ1n) is 30.0. The van der Waals surface area contributed by atoms with Crippen molar-refractivity contribution in [1.82, 2.24) is 0 Å². The van der Waals surface area contributed by atoms with Crippen LogP contribution < -0.4 is 0 Å². The first-order chi connectivity index (χ1) is 33.5. The second-order valence-corrected chi connectivity index (χ2v) is 20.3. The Labute approximate surface area is 423 Å². The van der Waals surface area contributed by atoms with Crippen LogP contribution in [0, 0.1) is 0 Å². The molecule has 0 aliphatic carbocycles. The number of rotatable bonds is 55. The van der Waals surface area contributed by atoms with Crippen molar-refractivity contribution in [2.24, 2.45) is 0 Å². The quantitative estimate of drug-likeness (QED) is 0.0262. The van der Waals surface area contributed by atoms with Gasteiger partial charge in [0.25, 0.3) is 0 Å². The number of allylic oxidation sites excluding steroid dienone is 6. The summed E-state index contributed by atoms with van der Waals surface area (Å²) in [4.78, 5) is 38.2. The van der Waals surface area contributed by atoms with E-state index in [1.54, 1.807) is 0 Å². The van der Waals surface area contributed by atoms with Gasteiger partial charge in [0.05, 0.1) is 0 Å². The third kappa shape index (κ3) is 54.6. The Kier molecular flexibility index (Phi) is 55.2. The largest absolute Gasteiger partial charge is 0.462 e. The molecule has 0 radical (unpaired) electrons. The Morgan fingerprint density at radius 1 is 0.294 bits per heavy atom. The molecule has 398 valence electrons. The van der Waals surface area contributed by atoms with Crippen LogP contribution in [0.4, 0.5) is 0 Å². The highest BCUT2D eigenvalue weighted by molar-refractivity contribution is 5.71. The zero-order valence-corrected chi connectivity index (χ0v) is 45.6. The van der Waals surface area contributed by atoms with Gasteiger partial charge in [0.1, 0.15) is 13.2 Å². The van der Waals surface area contributed by atoms with E-state index in [0.29, 0.717) is 19.3 Å². The van der Waals surface area contributed by atoms with Crippen LogP contribution in [0.3, 0.4) is 0 Å². The maximum absolute atomic E-state index is 12.9. The lowest BCUT2D eigenvalue weighted by Gasteiger charge is -2.18. The lowest BCUT2D eigenvalue weighted by molar-refractivity contribution is -0.167. The van der Waals surface area contributed by atoms with Crippen LogP contribution >= 0.6 is 0 Å². The molecule has 0 rings (SSSR count). The summed E-state index contributed by atoms with van der Waals surface area (Å²) in [5, 5.41) is 0. The van der Waals surface area contributed by atoms with Gasteiger partial charge >= 0.3 is 17.9 Å². The normalized spacial score (nSPS) is 12.2. The van der Waals surface area contributed by atoms with Crippen LogP contribution in [0.15, 0.2) is 36.5 Å². The fraction of sp³-hybridized carbons (Fsp3) is 0.855. The monoisotopic (exact) mass is 955 g/mol. The van der Waals surface area contributed by atoms with E-state index >= 15 is 0 Å². The van der Waals surface area contributed by atoms with Crippen LogP contribution in [-0.4, -0.2) is 37.2 Å². The second kappa shape index (κ2) is 57.2. The Morgan fingerprint density at radius 3 is 0.853 bits per heavy atom. The fourth-order valence-electron chi connectivity index (χ4n) is 8.82. The molecule has 0 bridgehead atoms. The van der Waals surface area contributed by atoms with Gasteiger partial charge in [-0.1, -0.05) is 263 Å². The zero-order valence-electron chi connectivity index (χ0n) is 45.6. The van der Waals surface area contributed by atoms with Gasteiger partial charge in [-0.3, -0.25) is 14.4 Å². The van der Waals surface area contributed by atoms with E-state index in [4.69, 9.17) is 14.2 Å². The molecule has 0 saturated heterocycles. The summed E-state index contributed by atoms with van der Waals surface area (Å²) in [5.74, 6) is -0.880. The molecule has 0 heterocycles. The Hall–Kier alpha value is -2.37. The molecule has 0 aromatic rings. The van der Waals surface area contributed by atoms with Gasteiger partial charge in [-0.25, -0.2) is 0 Å². The maximum Gasteiger partial charge on any atom is 0.306 e. The number of hydrogen-bond donors (Lipinski definition) is 0. The fourth-order valence-corrected chi connectivity index (χ4v) is 8.82. The highest BCUT2D eigenvalue weighted by Crippen LogP contribution is 2.17. The van der Waals surface area contributed by atoms with Gasteiger partial charge in [-0.05, 0) is 77.0 Å². The van der Waals surface area contributed by atoms with Crippen LogP contribution in [0.2, 0.25) is 0 Å². The smallest absolute Gasteiger partial charge is 0.306 e. The molecule has 0 aromatic carbocycles. The SMILES string of the molecule is CCCCC/C=C\C/C=C\CCCCCCCC(=O)OC[C@H](COC(=O)CCCCCCCCCCCCCCCCCCCCC)OC(=O)CCCCCCC/C=C\CCCCCCCCC. The Balaban J connectivity index is 4.35. The summed E-state index contributed by atoms with van der Waals surface area (Å²) >= 11 is 0. The molecule has 6 heteroatoms. The van der Waals surface area contributed by atoms with Crippen LogP contribution in [0.1, 0.15) is 323 Å². The molecule has 1 atom stereocenters. The summed E-state index contributed by atoms with van der Waals surface area (Å²) in [6.07, 6.45) is 68.5. The lowest BCUT2D eigenvalue weighted by atomic mass is 10.0. The minimum Gasteiger partial charge on any atom is -0.462 e. The molecular formula is C62H114O6. The van der Waals surface area contributed by atoms with Crippen molar-refractivity contribution in [3.05, 3.63) is 36.5 Å². The van der Waals surface area contributed by atoms with E-state index < -0.39 is 6.10 Å². The first-order valence-corrected chi connectivity index (χ1v) is 30.0. The molecule has 0 fully saturated rings. The van der Waals surface area contributed by atoms with Gasteiger partial charge in [0.2, 0.25) is 0 Å². The van der Waals surface area contributed by atoms with Gasteiger partial charge in [0, 0.05) is 19.3 Å². The second-order valence-electron chi connectivity index (χ2n) is 20.3. The van der Waals surface area contributed by atoms with Crippen molar-refractivity contribution in [2.75, 3.05) is 13.2 Å². The predicted octanol–water partition coefficient (Wildman–Crippen LogP) is 20.0. The van der Waals surface area contributed by atoms with Crippen LogP contribution in [0.25, 0.3) is 0 Å². The summed E-state index contributed by atoms with van der Waals surface area (Å²) < 4.78 is 16.9. The average Bonchev–Trinajstić information content (AvgIpc) is 3.34. The Bertz CT molecular complexity index is 1140. The maximum atomic E-state index is 12.9. The van der Waals surface area contributed by atoms with Crippen LogP contribution in [-0.2, 0) is 28.6 Å². The number of ether oxygens (including phenoxy) is 3. The highest BCUT2D eigenvalue weighted by atomic mass is 16.6. The molecule has 0 spiro atoms. The lowest BCUT2D eigenvalue weighted by Crippen LogP contribution is -2.30. The molecule has 0 saturated carbocycles. The number of esters is 3. The van der Waals surface area contributed by atoms with E-state index in [2.05, 4.69) is 57.2 Å². The van der Waals surface area contributed by atoms with Crippen molar-refractivity contribution in [3.8, 4) is 0 Å². The minimum atomic E-state index is -0.780. The summed E-state index contributed by atoms with van der Waals surface area (Å²) in [5.41, 5.74) is 0. The predicted molar refractivity (Wildman–Crippen MR) is 293 cm³/mol. The van der Waals surface area contributed by atoms with E-state index in [1.807, 2.05) is 0 Å². The van der Waals surface area contributed by atoms with Crippen LogP contribution in [0.5, 0.6) is 0 Å². The molecule has 0 N–H and O–H groups in total. The third-order valence-corrected chi connectivity index (χ3v) is 13.4. The van der Waals surface area contributed by atoms with Crippen molar-refractivity contribution in [1.29, 1.82) is 0 Å². The summed E-state index contributed by atoms with van der Waals surface area (Å²) in [6.45, 7) is 6.64. The van der Waals surface area contributed by atoms with Crippen molar-refractivity contribution < 1.29 is 28.6 Å². The number of hydrogen-bond acceptors (Lipinski definition) is 6. The van der Waals surface area contributed by atoms with E-state index in [9.17, 15) is 14.4 Å². The molecule has 0 aliphatic rings. The zero-order chi connectivity index (χ0) is 49.3.